The molecule has 0 bridgehead atoms. The van der Waals surface area contributed by atoms with Crippen molar-refractivity contribution in [3.05, 3.63) is 146 Å². The Labute approximate surface area is 253 Å². The average Bonchev–Trinajstić information content (AvgIpc) is 3.10. The number of para-hydroxylation sites is 3. The first-order valence-electron chi connectivity index (χ1n) is 14.7. The van der Waals surface area contributed by atoms with E-state index in [9.17, 15) is 0 Å². The molecule has 44 heavy (non-hydrogen) atoms. The first-order valence-corrected chi connectivity index (χ1v) is 14.7. The van der Waals surface area contributed by atoms with Crippen LogP contribution in [0, 0.1) is 0 Å². The van der Waals surface area contributed by atoms with E-state index in [4.69, 9.17) is 19.4 Å². The van der Waals surface area contributed by atoms with E-state index in [-0.39, 0.29) is 0 Å². The fourth-order valence-electron chi connectivity index (χ4n) is 6.27. The third-order valence-electron chi connectivity index (χ3n) is 8.33. The molecule has 4 heteroatoms. The van der Waals surface area contributed by atoms with Gasteiger partial charge in [0.25, 0.3) is 0 Å². The smallest absolute Gasteiger partial charge is 0.179 e. The molecule has 1 aliphatic rings. The van der Waals surface area contributed by atoms with Gasteiger partial charge in [-0.1, -0.05) is 109 Å². The molecule has 8 aromatic rings. The molecular formula is C40H24N2O2. The molecule has 1 aliphatic heterocycles. The highest BCUT2D eigenvalue weighted by Gasteiger charge is 2.23. The van der Waals surface area contributed by atoms with Gasteiger partial charge in [0.15, 0.2) is 28.8 Å². The van der Waals surface area contributed by atoms with Gasteiger partial charge < -0.3 is 9.47 Å². The lowest BCUT2D eigenvalue weighted by Gasteiger charge is -2.22. The summed E-state index contributed by atoms with van der Waals surface area (Å²) in [5.41, 5.74) is 4.40. The minimum atomic E-state index is 0.644. The molecule has 206 valence electrons. The molecule has 0 aliphatic carbocycles. The van der Waals surface area contributed by atoms with Gasteiger partial charge in [-0.25, -0.2) is 9.97 Å². The normalized spacial score (nSPS) is 12.0. The van der Waals surface area contributed by atoms with Gasteiger partial charge in [-0.3, -0.25) is 0 Å². The van der Waals surface area contributed by atoms with Gasteiger partial charge in [0.1, 0.15) is 0 Å². The van der Waals surface area contributed by atoms with Crippen molar-refractivity contribution in [1.29, 1.82) is 0 Å². The van der Waals surface area contributed by atoms with Crippen molar-refractivity contribution in [1.82, 2.24) is 9.97 Å². The molecule has 0 fully saturated rings. The zero-order valence-corrected chi connectivity index (χ0v) is 23.6. The van der Waals surface area contributed by atoms with Crippen molar-refractivity contribution < 1.29 is 9.47 Å². The van der Waals surface area contributed by atoms with E-state index in [0.29, 0.717) is 28.8 Å². The molecule has 0 unspecified atom stereocenters. The Morgan fingerprint density at radius 2 is 0.932 bits per heavy atom. The molecule has 1 aromatic heterocycles. The Morgan fingerprint density at radius 1 is 0.364 bits per heavy atom. The Bertz CT molecular complexity index is 2360. The van der Waals surface area contributed by atoms with Gasteiger partial charge in [0.05, 0.1) is 11.4 Å². The minimum Gasteiger partial charge on any atom is -0.449 e. The maximum Gasteiger partial charge on any atom is 0.179 e. The molecular weight excluding hydrogens is 540 g/mol. The lowest BCUT2D eigenvalue weighted by atomic mass is 9.93. The molecule has 0 atom stereocenters. The predicted octanol–water partition coefficient (Wildman–Crippen LogP) is 10.8. The monoisotopic (exact) mass is 564 g/mol. The minimum absolute atomic E-state index is 0.644. The first kappa shape index (κ1) is 24.6. The first-order chi connectivity index (χ1) is 21.8. The van der Waals surface area contributed by atoms with E-state index in [1.807, 2.05) is 66.7 Å². The fourth-order valence-corrected chi connectivity index (χ4v) is 6.27. The van der Waals surface area contributed by atoms with E-state index in [1.165, 1.54) is 32.3 Å². The van der Waals surface area contributed by atoms with Crippen LogP contribution in [0.4, 0.5) is 0 Å². The largest absolute Gasteiger partial charge is 0.449 e. The van der Waals surface area contributed by atoms with Crippen molar-refractivity contribution in [3.63, 3.8) is 0 Å². The standard InChI is InChI=1S/C40H24N2O2/c1-2-11-25(12-3-1)34-24-35(32-17-10-20-38-39(32)44-37-19-9-8-18-36(37)43-38)42-40(41-34)26-21-22-31-29-15-5-4-13-27(29)28-14-6-7-16-30(28)33(31)23-26/h1-24H. The number of rotatable bonds is 3. The highest BCUT2D eigenvalue weighted by Crippen LogP contribution is 2.49. The van der Waals surface area contributed by atoms with Gasteiger partial charge in [0, 0.05) is 16.7 Å². The number of benzene rings is 7. The average molecular weight is 565 g/mol. The highest BCUT2D eigenvalue weighted by molar-refractivity contribution is 6.25. The number of hydrogen-bond acceptors (Lipinski definition) is 4. The number of nitrogens with zero attached hydrogens (tertiary/aromatic N) is 2. The van der Waals surface area contributed by atoms with Crippen molar-refractivity contribution in [3.8, 4) is 56.9 Å². The summed E-state index contributed by atoms with van der Waals surface area (Å²) in [7, 11) is 0. The highest BCUT2D eigenvalue weighted by atomic mass is 16.6. The van der Waals surface area contributed by atoms with E-state index in [2.05, 4.69) is 78.9 Å². The van der Waals surface area contributed by atoms with Gasteiger partial charge in [-0.05, 0) is 68.7 Å². The van der Waals surface area contributed by atoms with Crippen LogP contribution >= 0.6 is 0 Å². The molecule has 0 amide bonds. The third-order valence-corrected chi connectivity index (χ3v) is 8.33. The quantitative estimate of drug-likeness (QED) is 0.200. The van der Waals surface area contributed by atoms with Crippen molar-refractivity contribution in [2.24, 2.45) is 0 Å². The molecule has 0 spiro atoms. The van der Waals surface area contributed by atoms with E-state index >= 15 is 0 Å². The van der Waals surface area contributed by atoms with Crippen LogP contribution < -0.4 is 9.47 Å². The number of fused-ring (bicyclic) bond motifs is 8. The maximum atomic E-state index is 6.42. The fraction of sp³-hybridized carbons (Fsp3) is 0. The molecule has 7 aromatic carbocycles. The SMILES string of the molecule is c1ccc(-c2cc(-c3cccc4c3Oc3ccccc3O4)nc(-c3ccc4c5ccccc5c5ccccc5c4c3)n2)cc1. The molecule has 0 radical (unpaired) electrons. The summed E-state index contributed by atoms with van der Waals surface area (Å²) >= 11 is 0. The summed E-state index contributed by atoms with van der Waals surface area (Å²) in [6, 6.07) is 49.7. The summed E-state index contributed by atoms with van der Waals surface area (Å²) in [5, 5.41) is 7.33. The lowest BCUT2D eigenvalue weighted by molar-refractivity contribution is 0.360. The van der Waals surface area contributed by atoms with Crippen LogP contribution in [0.1, 0.15) is 0 Å². The zero-order chi connectivity index (χ0) is 29.0. The Balaban J connectivity index is 1.27. The van der Waals surface area contributed by atoms with Crippen LogP contribution in [0.2, 0.25) is 0 Å². The number of aromatic nitrogens is 2. The van der Waals surface area contributed by atoms with Gasteiger partial charge in [-0.2, -0.15) is 0 Å². The third kappa shape index (κ3) is 3.92. The van der Waals surface area contributed by atoms with Crippen LogP contribution in [-0.2, 0) is 0 Å². The second-order valence-electron chi connectivity index (χ2n) is 11.0. The molecule has 0 N–H and O–H groups in total. The lowest BCUT2D eigenvalue weighted by Crippen LogP contribution is -2.02. The number of ether oxygens (including phenoxy) is 2. The molecule has 4 nitrogen and oxygen atoms in total. The second kappa shape index (κ2) is 9.79. The van der Waals surface area contributed by atoms with Gasteiger partial charge in [-0.15, -0.1) is 0 Å². The summed E-state index contributed by atoms with van der Waals surface area (Å²) in [5.74, 6) is 3.33. The summed E-state index contributed by atoms with van der Waals surface area (Å²) in [6.45, 7) is 0. The van der Waals surface area contributed by atoms with Gasteiger partial charge >= 0.3 is 0 Å². The van der Waals surface area contributed by atoms with Crippen LogP contribution in [-0.4, -0.2) is 9.97 Å². The maximum absolute atomic E-state index is 6.42. The molecule has 9 rings (SSSR count). The predicted molar refractivity (Wildman–Crippen MR) is 177 cm³/mol. The van der Waals surface area contributed by atoms with E-state index in [1.54, 1.807) is 0 Å². The van der Waals surface area contributed by atoms with Crippen LogP contribution in [0.25, 0.3) is 66.2 Å². The molecule has 2 heterocycles. The zero-order valence-electron chi connectivity index (χ0n) is 23.6. The summed E-state index contributed by atoms with van der Waals surface area (Å²) in [6.07, 6.45) is 0. The summed E-state index contributed by atoms with van der Waals surface area (Å²) in [4.78, 5) is 10.3. The van der Waals surface area contributed by atoms with Gasteiger partial charge in [0.2, 0.25) is 0 Å². The Hall–Kier alpha value is -6.00. The number of hydrogen-bond donors (Lipinski definition) is 0. The Kier molecular flexibility index (Phi) is 5.47. The van der Waals surface area contributed by atoms with Crippen LogP contribution in [0.3, 0.4) is 0 Å². The topological polar surface area (TPSA) is 44.2 Å². The van der Waals surface area contributed by atoms with Crippen molar-refractivity contribution in [2.45, 2.75) is 0 Å². The van der Waals surface area contributed by atoms with Crippen LogP contribution in [0.15, 0.2) is 146 Å². The van der Waals surface area contributed by atoms with Crippen LogP contribution in [0.5, 0.6) is 23.0 Å². The molecule has 0 saturated heterocycles. The van der Waals surface area contributed by atoms with E-state index < -0.39 is 0 Å². The molecule has 0 saturated carbocycles. The summed E-state index contributed by atoms with van der Waals surface area (Å²) < 4.78 is 12.6. The van der Waals surface area contributed by atoms with E-state index in [0.717, 1.165) is 28.1 Å². The van der Waals surface area contributed by atoms with Crippen molar-refractivity contribution >= 4 is 32.3 Å². The van der Waals surface area contributed by atoms with Crippen molar-refractivity contribution in [2.75, 3.05) is 0 Å². The second-order valence-corrected chi connectivity index (χ2v) is 11.0. The Morgan fingerprint density at radius 3 is 1.66 bits per heavy atom.